The zero-order valence-corrected chi connectivity index (χ0v) is 13.2. The van der Waals surface area contributed by atoms with Crippen LogP contribution in [0.25, 0.3) is 0 Å². The van der Waals surface area contributed by atoms with Crippen LogP contribution in [-0.4, -0.2) is 7.11 Å². The molecule has 1 nitrogen and oxygen atoms in total. The maximum Gasteiger partial charge on any atom is 0.118 e. The molecule has 0 aromatic heterocycles. The van der Waals surface area contributed by atoms with Crippen molar-refractivity contribution < 1.29 is 4.74 Å². The van der Waals surface area contributed by atoms with Crippen LogP contribution in [0.5, 0.6) is 5.75 Å². The molecular weight excluding hydrogens is 232 g/mol. The largest absolute Gasteiger partial charge is 0.497 e. The molecule has 0 aliphatic carbocycles. The molecule has 0 amide bonds. The van der Waals surface area contributed by atoms with Crippen molar-refractivity contribution >= 4 is 0 Å². The van der Waals surface area contributed by atoms with Gasteiger partial charge in [-0.3, -0.25) is 0 Å². The molecule has 0 aliphatic rings. The lowest BCUT2D eigenvalue weighted by molar-refractivity contribution is 0.307. The number of aryl methyl sites for hydroxylation is 1. The van der Waals surface area contributed by atoms with E-state index in [2.05, 4.69) is 45.0 Å². The summed E-state index contributed by atoms with van der Waals surface area (Å²) in [5.41, 5.74) is 1.96. The quantitative estimate of drug-likeness (QED) is 0.524. The summed E-state index contributed by atoms with van der Waals surface area (Å²) in [5, 5.41) is 0. The van der Waals surface area contributed by atoms with Crippen molar-refractivity contribution in [2.75, 3.05) is 7.11 Å². The van der Waals surface area contributed by atoms with Gasteiger partial charge in [0, 0.05) is 0 Å². The standard InChI is InChI=1S/C18H30O/c1-5-18(2,3)15-9-7-6-8-10-16-11-13-17(19-4)14-12-16/h11-14H,5-10,15H2,1-4H3. The van der Waals surface area contributed by atoms with Crippen LogP contribution >= 0.6 is 0 Å². The first-order valence-corrected chi connectivity index (χ1v) is 7.70. The van der Waals surface area contributed by atoms with Crippen molar-refractivity contribution in [1.29, 1.82) is 0 Å². The highest BCUT2D eigenvalue weighted by Gasteiger charge is 2.13. The Hall–Kier alpha value is -0.980. The van der Waals surface area contributed by atoms with E-state index < -0.39 is 0 Å². The molecule has 0 radical (unpaired) electrons. The minimum absolute atomic E-state index is 0.538. The van der Waals surface area contributed by atoms with Crippen molar-refractivity contribution in [3.63, 3.8) is 0 Å². The summed E-state index contributed by atoms with van der Waals surface area (Å²) >= 11 is 0. The van der Waals surface area contributed by atoms with Crippen molar-refractivity contribution in [2.45, 2.75) is 65.7 Å². The summed E-state index contributed by atoms with van der Waals surface area (Å²) in [5.74, 6) is 0.950. The Morgan fingerprint density at radius 3 is 2.16 bits per heavy atom. The number of ether oxygens (including phenoxy) is 1. The number of hydrogen-bond donors (Lipinski definition) is 0. The van der Waals surface area contributed by atoms with Crippen LogP contribution in [0.3, 0.4) is 0 Å². The van der Waals surface area contributed by atoms with Gasteiger partial charge in [-0.15, -0.1) is 0 Å². The molecule has 0 spiro atoms. The first-order valence-electron chi connectivity index (χ1n) is 7.70. The lowest BCUT2D eigenvalue weighted by atomic mass is 9.84. The van der Waals surface area contributed by atoms with E-state index in [-0.39, 0.29) is 0 Å². The van der Waals surface area contributed by atoms with E-state index in [9.17, 15) is 0 Å². The van der Waals surface area contributed by atoms with Crippen LogP contribution in [0, 0.1) is 5.41 Å². The maximum absolute atomic E-state index is 5.17. The minimum atomic E-state index is 0.538. The highest BCUT2D eigenvalue weighted by atomic mass is 16.5. The Bertz CT molecular complexity index is 337. The average Bonchev–Trinajstić information content (AvgIpc) is 2.43. The predicted molar refractivity (Wildman–Crippen MR) is 83.9 cm³/mol. The van der Waals surface area contributed by atoms with Gasteiger partial charge in [-0.25, -0.2) is 0 Å². The van der Waals surface area contributed by atoms with Gasteiger partial charge in [-0.05, 0) is 42.4 Å². The number of methoxy groups -OCH3 is 1. The number of hydrogen-bond acceptors (Lipinski definition) is 1. The van der Waals surface area contributed by atoms with Gasteiger partial charge in [-0.1, -0.05) is 58.6 Å². The van der Waals surface area contributed by atoms with Crippen LogP contribution < -0.4 is 4.74 Å². The van der Waals surface area contributed by atoms with Crippen molar-refractivity contribution in [1.82, 2.24) is 0 Å². The van der Waals surface area contributed by atoms with Gasteiger partial charge in [0.1, 0.15) is 5.75 Å². The second-order valence-corrected chi connectivity index (χ2v) is 6.28. The molecule has 1 aromatic carbocycles. The molecule has 1 rings (SSSR count). The predicted octanol–water partition coefficient (Wildman–Crippen LogP) is 5.62. The van der Waals surface area contributed by atoms with E-state index in [4.69, 9.17) is 4.74 Å². The van der Waals surface area contributed by atoms with Gasteiger partial charge in [0.05, 0.1) is 7.11 Å². The molecule has 0 saturated carbocycles. The number of unbranched alkanes of at least 4 members (excludes halogenated alkanes) is 3. The first kappa shape index (κ1) is 16.1. The van der Waals surface area contributed by atoms with Crippen LogP contribution in [0.2, 0.25) is 0 Å². The second-order valence-electron chi connectivity index (χ2n) is 6.28. The Kier molecular flexibility index (Phi) is 6.97. The molecule has 0 aliphatic heterocycles. The zero-order valence-electron chi connectivity index (χ0n) is 13.2. The first-order chi connectivity index (χ1) is 9.07. The van der Waals surface area contributed by atoms with Gasteiger partial charge in [0.25, 0.3) is 0 Å². The second kappa shape index (κ2) is 8.24. The zero-order chi connectivity index (χ0) is 14.1. The Balaban J connectivity index is 2.10. The van der Waals surface area contributed by atoms with E-state index in [0.717, 1.165) is 5.75 Å². The molecule has 0 unspecified atom stereocenters. The number of rotatable bonds is 9. The Morgan fingerprint density at radius 1 is 0.947 bits per heavy atom. The lowest BCUT2D eigenvalue weighted by Gasteiger charge is -2.22. The van der Waals surface area contributed by atoms with E-state index in [1.165, 1.54) is 50.5 Å². The highest BCUT2D eigenvalue weighted by molar-refractivity contribution is 5.27. The van der Waals surface area contributed by atoms with Crippen molar-refractivity contribution in [2.24, 2.45) is 5.41 Å². The van der Waals surface area contributed by atoms with E-state index in [1.807, 2.05) is 0 Å². The summed E-state index contributed by atoms with van der Waals surface area (Å²) in [7, 11) is 1.72. The fraction of sp³-hybridized carbons (Fsp3) is 0.667. The topological polar surface area (TPSA) is 9.23 Å². The normalized spacial score (nSPS) is 11.6. The van der Waals surface area contributed by atoms with Crippen LogP contribution in [0.4, 0.5) is 0 Å². The molecule has 0 bridgehead atoms. The van der Waals surface area contributed by atoms with Gasteiger partial charge in [0.15, 0.2) is 0 Å². The van der Waals surface area contributed by atoms with E-state index in [0.29, 0.717) is 5.41 Å². The summed E-state index contributed by atoms with van der Waals surface area (Å²) in [4.78, 5) is 0. The fourth-order valence-electron chi connectivity index (χ4n) is 2.26. The fourth-order valence-corrected chi connectivity index (χ4v) is 2.26. The third-order valence-corrected chi connectivity index (χ3v) is 4.19. The molecule has 1 heteroatoms. The Labute approximate surface area is 119 Å². The summed E-state index contributed by atoms with van der Waals surface area (Å²) in [6.45, 7) is 7.05. The maximum atomic E-state index is 5.17. The summed E-state index contributed by atoms with van der Waals surface area (Å²) in [6, 6.07) is 8.47. The SMILES string of the molecule is CCC(C)(C)CCCCCCc1ccc(OC)cc1. The molecule has 0 fully saturated rings. The molecule has 0 N–H and O–H groups in total. The average molecular weight is 262 g/mol. The molecule has 1 aromatic rings. The third kappa shape index (κ3) is 6.66. The smallest absolute Gasteiger partial charge is 0.118 e. The monoisotopic (exact) mass is 262 g/mol. The van der Waals surface area contributed by atoms with Gasteiger partial charge in [0.2, 0.25) is 0 Å². The summed E-state index contributed by atoms with van der Waals surface area (Å²) in [6.07, 6.45) is 9.26. The van der Waals surface area contributed by atoms with Gasteiger partial charge in [-0.2, -0.15) is 0 Å². The van der Waals surface area contributed by atoms with Crippen LogP contribution in [0.15, 0.2) is 24.3 Å². The van der Waals surface area contributed by atoms with E-state index in [1.54, 1.807) is 7.11 Å². The van der Waals surface area contributed by atoms with Crippen LogP contribution in [-0.2, 0) is 6.42 Å². The Morgan fingerprint density at radius 2 is 1.58 bits per heavy atom. The van der Waals surface area contributed by atoms with Crippen LogP contribution in [0.1, 0.15) is 64.9 Å². The molecule has 0 saturated heterocycles. The molecule has 19 heavy (non-hydrogen) atoms. The van der Waals surface area contributed by atoms with Crippen molar-refractivity contribution in [3.8, 4) is 5.75 Å². The molecule has 108 valence electrons. The van der Waals surface area contributed by atoms with Gasteiger partial charge < -0.3 is 4.74 Å². The van der Waals surface area contributed by atoms with Crippen molar-refractivity contribution in [3.05, 3.63) is 29.8 Å². The third-order valence-electron chi connectivity index (χ3n) is 4.19. The summed E-state index contributed by atoms with van der Waals surface area (Å²) < 4.78 is 5.17. The minimum Gasteiger partial charge on any atom is -0.497 e. The molecule has 0 atom stereocenters. The highest BCUT2D eigenvalue weighted by Crippen LogP contribution is 2.27. The van der Waals surface area contributed by atoms with Gasteiger partial charge >= 0.3 is 0 Å². The van der Waals surface area contributed by atoms with E-state index >= 15 is 0 Å². The molecule has 0 heterocycles. The number of benzene rings is 1. The lowest BCUT2D eigenvalue weighted by Crippen LogP contribution is -2.08. The molecular formula is C18H30O.